The van der Waals surface area contributed by atoms with Gasteiger partial charge in [0.15, 0.2) is 5.82 Å². The van der Waals surface area contributed by atoms with E-state index in [9.17, 15) is 10.1 Å². The van der Waals surface area contributed by atoms with E-state index in [1.54, 1.807) is 18.3 Å². The number of para-hydroxylation sites is 1. The van der Waals surface area contributed by atoms with Gasteiger partial charge in [-0.3, -0.25) is 4.79 Å². The van der Waals surface area contributed by atoms with Crippen molar-refractivity contribution in [2.24, 2.45) is 5.10 Å². The molecule has 0 unspecified atom stereocenters. The Labute approximate surface area is 259 Å². The fraction of sp³-hybridized carbons (Fsp3) is 0.200. The summed E-state index contributed by atoms with van der Waals surface area (Å²) in [5, 5.41) is 14.5. The fourth-order valence-electron chi connectivity index (χ4n) is 4.83. The molecule has 4 aromatic carbocycles. The van der Waals surface area contributed by atoms with E-state index >= 15 is 0 Å². The first-order valence-corrected chi connectivity index (χ1v) is 14.8. The third-order valence-electron chi connectivity index (χ3n) is 7.07. The monoisotopic (exact) mass is 634 g/mol. The smallest absolute Gasteiger partial charge is 0.282 e. The van der Waals surface area contributed by atoms with Crippen LogP contribution in [0.1, 0.15) is 54.5 Å². The minimum atomic E-state index is -0.258. The van der Waals surface area contributed by atoms with E-state index in [2.05, 4.69) is 47.0 Å². The summed E-state index contributed by atoms with van der Waals surface area (Å²) in [4.78, 5) is 18.7. The van der Waals surface area contributed by atoms with Crippen LogP contribution in [0.25, 0.3) is 22.3 Å². The number of benzene rings is 4. The van der Waals surface area contributed by atoms with Gasteiger partial charge in [-0.25, -0.2) is 4.98 Å². The van der Waals surface area contributed by atoms with Crippen molar-refractivity contribution in [1.29, 1.82) is 5.26 Å². The molecule has 1 heterocycles. The normalized spacial score (nSPS) is 11.3. The number of nitrogens with zero attached hydrogens (tertiary/aromatic N) is 4. The van der Waals surface area contributed by atoms with E-state index in [-0.39, 0.29) is 18.1 Å². The number of ether oxygens (including phenoxy) is 2. The van der Waals surface area contributed by atoms with Gasteiger partial charge in [-0.2, -0.15) is 15.0 Å². The van der Waals surface area contributed by atoms with Crippen molar-refractivity contribution in [3.05, 3.63) is 122 Å². The predicted octanol–water partition coefficient (Wildman–Crippen LogP) is 7.99. The molecule has 0 atom stereocenters. The number of halogens is 1. The second kappa shape index (κ2) is 13.1. The Morgan fingerprint density at radius 2 is 1.79 bits per heavy atom. The maximum atomic E-state index is 13.8. The van der Waals surface area contributed by atoms with Crippen LogP contribution >= 0.6 is 15.9 Å². The van der Waals surface area contributed by atoms with Gasteiger partial charge in [0.2, 0.25) is 0 Å². The Hall–Kier alpha value is -4.74. The lowest BCUT2D eigenvalue weighted by molar-refractivity contribution is 0.304. The third-order valence-corrected chi connectivity index (χ3v) is 7.69. The van der Waals surface area contributed by atoms with Crippen LogP contribution in [-0.2, 0) is 6.61 Å². The molecular formula is C35H31BrN4O3. The molecule has 5 aromatic rings. The number of hydrogen-bond donors (Lipinski definition) is 0. The van der Waals surface area contributed by atoms with Crippen LogP contribution < -0.4 is 15.0 Å². The average molecular weight is 636 g/mol. The Morgan fingerprint density at radius 3 is 2.53 bits per heavy atom. The lowest BCUT2D eigenvalue weighted by atomic mass is 9.96. The molecule has 0 amide bonds. The zero-order valence-electron chi connectivity index (χ0n) is 24.5. The Kier molecular flexibility index (Phi) is 9.03. The Balaban J connectivity index is 1.54. The zero-order chi connectivity index (χ0) is 30.5. The summed E-state index contributed by atoms with van der Waals surface area (Å²) in [6.45, 7) is 9.01. The third kappa shape index (κ3) is 6.37. The van der Waals surface area contributed by atoms with Gasteiger partial charge in [-0.1, -0.05) is 44.2 Å². The van der Waals surface area contributed by atoms with E-state index in [0.717, 1.165) is 38.0 Å². The van der Waals surface area contributed by atoms with Gasteiger partial charge >= 0.3 is 0 Å². The van der Waals surface area contributed by atoms with Crippen molar-refractivity contribution in [1.82, 2.24) is 9.66 Å². The van der Waals surface area contributed by atoms with Crippen molar-refractivity contribution < 1.29 is 9.47 Å². The molecule has 0 saturated heterocycles. The summed E-state index contributed by atoms with van der Waals surface area (Å²) < 4.78 is 14.0. The molecule has 0 fully saturated rings. The fourth-order valence-corrected chi connectivity index (χ4v) is 5.34. The summed E-state index contributed by atoms with van der Waals surface area (Å²) in [6.07, 6.45) is 1.63. The number of hydrogen-bond acceptors (Lipinski definition) is 6. The molecule has 0 spiro atoms. The molecule has 1 aromatic heterocycles. The van der Waals surface area contributed by atoms with Gasteiger partial charge in [0.1, 0.15) is 18.1 Å². The highest BCUT2D eigenvalue weighted by Crippen LogP contribution is 2.34. The van der Waals surface area contributed by atoms with Gasteiger partial charge in [0.25, 0.3) is 5.56 Å². The summed E-state index contributed by atoms with van der Waals surface area (Å²) >= 11 is 3.59. The number of fused-ring (bicyclic) bond motifs is 1. The minimum absolute atomic E-state index is 0.205. The average Bonchev–Trinajstić information content (AvgIpc) is 3.00. The highest BCUT2D eigenvalue weighted by atomic mass is 79.9. The molecule has 43 heavy (non-hydrogen) atoms. The van der Waals surface area contributed by atoms with Crippen molar-refractivity contribution in [2.75, 3.05) is 6.61 Å². The maximum absolute atomic E-state index is 13.8. The minimum Gasteiger partial charge on any atom is -0.494 e. The molecule has 216 valence electrons. The first-order chi connectivity index (χ1) is 20.8. The van der Waals surface area contributed by atoms with E-state index in [4.69, 9.17) is 14.5 Å². The molecule has 0 radical (unpaired) electrons. The Bertz CT molecular complexity index is 1940. The number of rotatable bonds is 9. The molecule has 0 saturated carbocycles. The van der Waals surface area contributed by atoms with Gasteiger partial charge in [0, 0.05) is 11.1 Å². The molecule has 0 aliphatic rings. The van der Waals surface area contributed by atoms with E-state index in [0.29, 0.717) is 34.6 Å². The van der Waals surface area contributed by atoms with E-state index < -0.39 is 0 Å². The van der Waals surface area contributed by atoms with Crippen LogP contribution in [0.4, 0.5) is 0 Å². The zero-order valence-corrected chi connectivity index (χ0v) is 26.1. The maximum Gasteiger partial charge on any atom is 0.282 e. The first-order valence-electron chi connectivity index (χ1n) is 14.0. The second-order valence-corrected chi connectivity index (χ2v) is 11.2. The molecule has 0 aliphatic heterocycles. The van der Waals surface area contributed by atoms with Crippen LogP contribution in [0.5, 0.6) is 11.5 Å². The molecule has 0 aliphatic carbocycles. The van der Waals surface area contributed by atoms with Crippen LogP contribution in [0.15, 0.2) is 93.2 Å². The topological polar surface area (TPSA) is 89.5 Å². The number of nitriles is 1. The summed E-state index contributed by atoms with van der Waals surface area (Å²) in [5.74, 6) is 2.12. The molecule has 0 N–H and O–H groups in total. The Morgan fingerprint density at radius 1 is 1.02 bits per heavy atom. The van der Waals surface area contributed by atoms with Crippen LogP contribution in [-0.4, -0.2) is 22.5 Å². The molecule has 0 bridgehead atoms. The van der Waals surface area contributed by atoms with E-state index in [1.165, 1.54) is 4.68 Å². The van der Waals surface area contributed by atoms with Crippen LogP contribution in [0.2, 0.25) is 0 Å². The quantitative estimate of drug-likeness (QED) is 0.153. The largest absolute Gasteiger partial charge is 0.494 e. The van der Waals surface area contributed by atoms with Crippen LogP contribution in [0.3, 0.4) is 0 Å². The summed E-state index contributed by atoms with van der Waals surface area (Å²) in [7, 11) is 0. The molecular weight excluding hydrogens is 604 g/mol. The predicted molar refractivity (Wildman–Crippen MR) is 174 cm³/mol. The SMILES string of the molecule is CCOc1cc(C)c(-c2nc3ccccc3c(=O)n2N=Cc2ccc(OCc3ccccc3C#N)c(Br)c2)cc1C(C)C. The van der Waals surface area contributed by atoms with Crippen molar-refractivity contribution in [3.8, 4) is 29.0 Å². The highest BCUT2D eigenvalue weighted by molar-refractivity contribution is 9.10. The van der Waals surface area contributed by atoms with Crippen LogP contribution in [0, 0.1) is 18.3 Å². The summed E-state index contributed by atoms with van der Waals surface area (Å²) in [5.41, 5.74) is 5.28. The van der Waals surface area contributed by atoms with Crippen molar-refractivity contribution in [2.45, 2.75) is 40.2 Å². The van der Waals surface area contributed by atoms with Gasteiger partial charge in [0.05, 0.1) is 39.8 Å². The van der Waals surface area contributed by atoms with Crippen molar-refractivity contribution >= 4 is 33.0 Å². The molecule has 5 rings (SSSR count). The summed E-state index contributed by atoms with van der Waals surface area (Å²) in [6, 6.07) is 26.5. The standard InChI is InChI=1S/C35H31BrN4O3/c1-5-42-33-16-23(4)29(18-28(33)22(2)3)34-39-31-13-9-8-12-27(31)35(41)40(34)38-20-24-14-15-32(30(36)17-24)43-21-26-11-7-6-10-25(26)19-37/h6-18,20,22H,5,21H2,1-4H3. The van der Waals surface area contributed by atoms with Gasteiger partial charge in [-0.15, -0.1) is 0 Å². The van der Waals surface area contributed by atoms with E-state index in [1.807, 2.05) is 74.5 Å². The highest BCUT2D eigenvalue weighted by Gasteiger charge is 2.18. The number of aromatic nitrogens is 2. The first kappa shape index (κ1) is 29.7. The van der Waals surface area contributed by atoms with Crippen molar-refractivity contribution in [3.63, 3.8) is 0 Å². The number of aryl methyl sites for hydroxylation is 1. The lowest BCUT2D eigenvalue weighted by Crippen LogP contribution is -2.20. The molecule has 7 nitrogen and oxygen atoms in total. The van der Waals surface area contributed by atoms with Gasteiger partial charge < -0.3 is 9.47 Å². The van der Waals surface area contributed by atoms with Gasteiger partial charge in [-0.05, 0) is 101 Å². The lowest BCUT2D eigenvalue weighted by Gasteiger charge is -2.18. The molecule has 8 heteroatoms. The second-order valence-electron chi connectivity index (χ2n) is 10.4.